The third-order valence-corrected chi connectivity index (χ3v) is 3.50. The van der Waals surface area contributed by atoms with Gasteiger partial charge in [0.15, 0.2) is 0 Å². The molecule has 0 fully saturated rings. The Morgan fingerprint density at radius 1 is 1.22 bits per heavy atom. The minimum absolute atomic E-state index is 0.259. The molecule has 0 saturated heterocycles. The molecule has 2 nitrogen and oxygen atoms in total. The van der Waals surface area contributed by atoms with Gasteiger partial charge in [-0.05, 0) is 45.9 Å². The average Bonchev–Trinajstić information content (AvgIpc) is 2.64. The normalized spacial score (nSPS) is 11.9. The van der Waals surface area contributed by atoms with Crippen LogP contribution in [0.4, 0.5) is 0 Å². The Morgan fingerprint density at radius 3 is 2.56 bits per heavy atom. The van der Waals surface area contributed by atoms with E-state index in [2.05, 4.69) is 72.6 Å². The molecule has 0 aliphatic heterocycles. The summed E-state index contributed by atoms with van der Waals surface area (Å²) in [5.41, 5.74) is 2.53. The highest BCUT2D eigenvalue weighted by atomic mass is 79.9. The zero-order valence-electron chi connectivity index (χ0n) is 11.4. The van der Waals surface area contributed by atoms with Crippen molar-refractivity contribution in [3.05, 3.63) is 34.4 Å². The molecule has 1 aromatic carbocycles. The highest BCUT2D eigenvalue weighted by Gasteiger charge is 2.11. The topological polar surface area (TPSA) is 14.2 Å². The maximum absolute atomic E-state index is 5.74. The van der Waals surface area contributed by atoms with Crippen LogP contribution in [0, 0.1) is 0 Å². The summed E-state index contributed by atoms with van der Waals surface area (Å²) in [6.07, 6.45) is 2.47. The van der Waals surface area contributed by atoms with Crippen LogP contribution in [0.2, 0.25) is 0 Å². The number of benzene rings is 1. The Balaban J connectivity index is 2.48. The second-order valence-corrected chi connectivity index (χ2v) is 6.09. The van der Waals surface area contributed by atoms with Crippen LogP contribution in [-0.2, 0) is 11.3 Å². The number of rotatable bonds is 4. The number of aromatic nitrogens is 1. The predicted octanol–water partition coefficient (Wildman–Crippen LogP) is 4.91. The molecule has 1 heterocycles. The molecule has 1 aromatic heterocycles. The standard InChI is InChI=1S/C15H20BrNO/c1-10(2)17-8-12(9-18-11(3)4)14-7-13(16)5-6-15(14)17/h5-8,10-11H,9H2,1-4H3. The molecule has 98 valence electrons. The van der Waals surface area contributed by atoms with Crippen LogP contribution in [0.3, 0.4) is 0 Å². The zero-order valence-corrected chi connectivity index (χ0v) is 13.0. The fourth-order valence-electron chi connectivity index (χ4n) is 2.10. The van der Waals surface area contributed by atoms with Gasteiger partial charge in [0.25, 0.3) is 0 Å². The van der Waals surface area contributed by atoms with Crippen molar-refractivity contribution in [3.8, 4) is 0 Å². The van der Waals surface area contributed by atoms with Crippen LogP contribution >= 0.6 is 15.9 Å². The Labute approximate surface area is 117 Å². The molecule has 0 atom stereocenters. The molecular weight excluding hydrogens is 290 g/mol. The summed E-state index contributed by atoms with van der Waals surface area (Å²) in [6.45, 7) is 9.21. The summed E-state index contributed by atoms with van der Waals surface area (Å²) in [5.74, 6) is 0. The monoisotopic (exact) mass is 309 g/mol. The van der Waals surface area contributed by atoms with E-state index in [0.717, 1.165) is 4.47 Å². The van der Waals surface area contributed by atoms with E-state index in [1.165, 1.54) is 16.5 Å². The molecule has 2 rings (SSSR count). The molecule has 0 bridgehead atoms. The molecule has 0 aliphatic rings. The number of fused-ring (bicyclic) bond motifs is 1. The van der Waals surface area contributed by atoms with E-state index in [4.69, 9.17) is 4.74 Å². The lowest BCUT2D eigenvalue weighted by Gasteiger charge is -2.08. The highest BCUT2D eigenvalue weighted by molar-refractivity contribution is 9.10. The predicted molar refractivity (Wildman–Crippen MR) is 79.9 cm³/mol. The molecule has 2 aromatic rings. The minimum atomic E-state index is 0.259. The quantitative estimate of drug-likeness (QED) is 0.782. The fourth-order valence-corrected chi connectivity index (χ4v) is 2.46. The summed E-state index contributed by atoms with van der Waals surface area (Å²) < 4.78 is 9.16. The first kappa shape index (κ1) is 13.6. The second kappa shape index (κ2) is 5.45. The Kier molecular flexibility index (Phi) is 4.13. The minimum Gasteiger partial charge on any atom is -0.374 e. The summed E-state index contributed by atoms with van der Waals surface area (Å²) in [4.78, 5) is 0. The molecule has 0 saturated carbocycles. The third kappa shape index (κ3) is 2.78. The van der Waals surface area contributed by atoms with Gasteiger partial charge in [0.1, 0.15) is 0 Å². The SMILES string of the molecule is CC(C)OCc1cn(C(C)C)c2ccc(Br)cc12. The lowest BCUT2D eigenvalue weighted by Crippen LogP contribution is -2.02. The molecule has 0 aliphatic carbocycles. The van der Waals surface area contributed by atoms with Crippen molar-refractivity contribution in [2.45, 2.75) is 46.4 Å². The highest BCUT2D eigenvalue weighted by Crippen LogP contribution is 2.28. The van der Waals surface area contributed by atoms with Crippen molar-refractivity contribution in [1.29, 1.82) is 0 Å². The van der Waals surface area contributed by atoms with Gasteiger partial charge in [-0.15, -0.1) is 0 Å². The van der Waals surface area contributed by atoms with Crippen molar-refractivity contribution in [2.75, 3.05) is 0 Å². The number of nitrogens with zero attached hydrogens (tertiary/aromatic N) is 1. The van der Waals surface area contributed by atoms with Gasteiger partial charge in [0.2, 0.25) is 0 Å². The van der Waals surface area contributed by atoms with Crippen LogP contribution in [0.5, 0.6) is 0 Å². The molecule has 3 heteroatoms. The van der Waals surface area contributed by atoms with E-state index < -0.39 is 0 Å². The van der Waals surface area contributed by atoms with E-state index in [0.29, 0.717) is 12.6 Å². The Morgan fingerprint density at radius 2 is 1.94 bits per heavy atom. The van der Waals surface area contributed by atoms with Crippen LogP contribution in [0.1, 0.15) is 39.3 Å². The van der Waals surface area contributed by atoms with Crippen LogP contribution in [0.15, 0.2) is 28.9 Å². The summed E-state index contributed by atoms with van der Waals surface area (Å²) in [5, 5.41) is 1.28. The van der Waals surface area contributed by atoms with Gasteiger partial charge >= 0.3 is 0 Å². The maximum Gasteiger partial charge on any atom is 0.0741 e. The first-order valence-electron chi connectivity index (χ1n) is 6.39. The first-order valence-corrected chi connectivity index (χ1v) is 7.19. The van der Waals surface area contributed by atoms with Gasteiger partial charge in [-0.2, -0.15) is 0 Å². The molecular formula is C15H20BrNO. The number of ether oxygens (including phenoxy) is 1. The first-order chi connectivity index (χ1) is 8.49. The summed E-state index contributed by atoms with van der Waals surface area (Å²) >= 11 is 3.54. The maximum atomic E-state index is 5.74. The third-order valence-electron chi connectivity index (χ3n) is 3.01. The molecule has 0 spiro atoms. The Bertz CT molecular complexity index is 543. The van der Waals surface area contributed by atoms with Crippen LogP contribution in [0.25, 0.3) is 10.9 Å². The molecule has 0 unspecified atom stereocenters. The van der Waals surface area contributed by atoms with E-state index >= 15 is 0 Å². The number of hydrogen-bond donors (Lipinski definition) is 0. The van der Waals surface area contributed by atoms with Gasteiger partial charge in [-0.25, -0.2) is 0 Å². The van der Waals surface area contributed by atoms with Crippen molar-refractivity contribution in [1.82, 2.24) is 4.57 Å². The lowest BCUT2D eigenvalue weighted by atomic mass is 10.2. The van der Waals surface area contributed by atoms with E-state index in [1.807, 2.05) is 0 Å². The van der Waals surface area contributed by atoms with Crippen molar-refractivity contribution in [3.63, 3.8) is 0 Å². The smallest absolute Gasteiger partial charge is 0.0741 e. The van der Waals surface area contributed by atoms with Gasteiger partial charge in [-0.1, -0.05) is 15.9 Å². The Hall–Kier alpha value is -0.800. The van der Waals surface area contributed by atoms with E-state index in [1.54, 1.807) is 0 Å². The van der Waals surface area contributed by atoms with Crippen molar-refractivity contribution >= 4 is 26.8 Å². The summed E-state index contributed by atoms with van der Waals surface area (Å²) in [6, 6.07) is 6.89. The zero-order chi connectivity index (χ0) is 13.3. The second-order valence-electron chi connectivity index (χ2n) is 5.18. The van der Waals surface area contributed by atoms with Crippen molar-refractivity contribution < 1.29 is 4.74 Å². The fraction of sp³-hybridized carbons (Fsp3) is 0.467. The van der Waals surface area contributed by atoms with Crippen molar-refractivity contribution in [2.24, 2.45) is 0 Å². The van der Waals surface area contributed by atoms with Gasteiger partial charge in [-0.3, -0.25) is 0 Å². The molecule has 0 N–H and O–H groups in total. The number of hydrogen-bond acceptors (Lipinski definition) is 1. The van der Waals surface area contributed by atoms with Gasteiger partial charge < -0.3 is 9.30 Å². The average molecular weight is 310 g/mol. The van der Waals surface area contributed by atoms with Crippen LogP contribution < -0.4 is 0 Å². The van der Waals surface area contributed by atoms with Crippen LogP contribution in [-0.4, -0.2) is 10.7 Å². The molecule has 18 heavy (non-hydrogen) atoms. The van der Waals surface area contributed by atoms with E-state index in [9.17, 15) is 0 Å². The summed E-state index contributed by atoms with van der Waals surface area (Å²) in [7, 11) is 0. The van der Waals surface area contributed by atoms with Gasteiger partial charge in [0.05, 0.1) is 12.7 Å². The number of halogens is 1. The molecule has 0 amide bonds. The largest absolute Gasteiger partial charge is 0.374 e. The molecule has 0 radical (unpaired) electrons. The lowest BCUT2D eigenvalue weighted by molar-refractivity contribution is 0.0663. The van der Waals surface area contributed by atoms with Gasteiger partial charge in [0, 0.05) is 33.2 Å². The van der Waals surface area contributed by atoms with E-state index in [-0.39, 0.29) is 6.10 Å².